The van der Waals surface area contributed by atoms with Gasteiger partial charge in [-0.15, -0.1) is 0 Å². The van der Waals surface area contributed by atoms with E-state index in [0.717, 1.165) is 18.9 Å². The Kier molecular flexibility index (Phi) is 10.7. The zero-order valence-corrected chi connectivity index (χ0v) is 18.4. The van der Waals surface area contributed by atoms with Crippen LogP contribution in [0.1, 0.15) is 41.4 Å². The molecule has 1 N–H and O–H groups in total. The van der Waals surface area contributed by atoms with E-state index in [4.69, 9.17) is 9.84 Å². The van der Waals surface area contributed by atoms with Crippen LogP contribution in [0.3, 0.4) is 0 Å². The van der Waals surface area contributed by atoms with Gasteiger partial charge in [-0.05, 0) is 97.1 Å². The average molecular weight is 472 g/mol. The third-order valence-corrected chi connectivity index (χ3v) is 4.30. The highest BCUT2D eigenvalue weighted by atomic mass is 19.1. The molecule has 0 unspecified atom stereocenters. The first kappa shape index (κ1) is 26.3. The lowest BCUT2D eigenvalue weighted by Crippen LogP contribution is -1.86. The number of benzene rings is 4. The van der Waals surface area contributed by atoms with Gasteiger partial charge in [-0.2, -0.15) is 0 Å². The molecule has 35 heavy (non-hydrogen) atoms. The lowest BCUT2D eigenvalue weighted by molar-refractivity contribution is 0.111. The summed E-state index contributed by atoms with van der Waals surface area (Å²) in [6.07, 6.45) is 2.98. The van der Waals surface area contributed by atoms with Gasteiger partial charge in [0.1, 0.15) is 48.2 Å². The number of carbonyl (C=O) groups excluding carboxylic acids is 4. The number of rotatable bonds is 6. The number of aromatic hydroxyl groups is 1. The first-order valence-electron chi connectivity index (χ1n) is 10.2. The molecule has 0 amide bonds. The van der Waals surface area contributed by atoms with E-state index in [0.29, 0.717) is 40.0 Å². The number of hydrogen-bond donors (Lipinski definition) is 1. The van der Waals surface area contributed by atoms with Crippen LogP contribution >= 0.6 is 0 Å². The monoisotopic (exact) mass is 472 g/mol. The molecule has 0 aliphatic rings. The minimum Gasteiger partial charge on any atom is -0.508 e. The van der Waals surface area contributed by atoms with Gasteiger partial charge < -0.3 is 9.84 Å². The molecule has 6 nitrogen and oxygen atoms in total. The maximum Gasteiger partial charge on any atom is 0.150 e. The Morgan fingerprint density at radius 3 is 1.09 bits per heavy atom. The van der Waals surface area contributed by atoms with Crippen molar-refractivity contribution in [2.24, 2.45) is 0 Å². The summed E-state index contributed by atoms with van der Waals surface area (Å²) < 4.78 is 17.7. The van der Waals surface area contributed by atoms with Crippen LogP contribution in [0.4, 0.5) is 4.39 Å². The Hall–Kier alpha value is -4.91. The van der Waals surface area contributed by atoms with Crippen molar-refractivity contribution in [3.8, 4) is 17.2 Å². The normalized spacial score (nSPS) is 9.29. The van der Waals surface area contributed by atoms with Crippen molar-refractivity contribution in [3.05, 3.63) is 125 Å². The Morgan fingerprint density at radius 2 is 0.771 bits per heavy atom. The van der Waals surface area contributed by atoms with Crippen molar-refractivity contribution in [3.63, 3.8) is 0 Å². The van der Waals surface area contributed by atoms with E-state index in [9.17, 15) is 23.6 Å². The minimum atomic E-state index is -0.319. The number of hydrogen-bond acceptors (Lipinski definition) is 6. The smallest absolute Gasteiger partial charge is 0.150 e. The van der Waals surface area contributed by atoms with Crippen molar-refractivity contribution in [1.82, 2.24) is 0 Å². The molecule has 4 rings (SSSR count). The summed E-state index contributed by atoms with van der Waals surface area (Å²) in [6, 6.07) is 25.0. The fraction of sp³-hybridized carbons (Fsp3) is 0. The highest BCUT2D eigenvalue weighted by Gasteiger charge is 1.98. The number of phenols is 1. The van der Waals surface area contributed by atoms with Crippen molar-refractivity contribution in [2.45, 2.75) is 0 Å². The fourth-order valence-corrected chi connectivity index (χ4v) is 2.46. The molecule has 7 heteroatoms. The maximum atomic E-state index is 12.1. The number of ether oxygens (including phenoxy) is 1. The molecule has 0 aliphatic carbocycles. The van der Waals surface area contributed by atoms with Crippen molar-refractivity contribution < 1.29 is 33.4 Å². The second kappa shape index (κ2) is 14.3. The topological polar surface area (TPSA) is 97.7 Å². The lowest BCUT2D eigenvalue weighted by Gasteiger charge is -2.05. The molecule has 0 radical (unpaired) electrons. The van der Waals surface area contributed by atoms with Crippen LogP contribution < -0.4 is 4.74 Å². The molecule has 0 saturated carbocycles. The molecule has 0 atom stereocenters. The standard InChI is InChI=1S/C14H10O3.C7H5FO.C7H6O2/c15-9-11-1-5-13(6-2-11)17-14-7-3-12(10-16)4-8-14;8-7-3-1-6(5-9)2-4-7;8-5-6-1-3-7(9)4-2-6/h1-10H;1-5H;1-5,9H. The Balaban J connectivity index is 0.000000203. The van der Waals surface area contributed by atoms with E-state index in [1.165, 1.54) is 36.4 Å². The van der Waals surface area contributed by atoms with Gasteiger partial charge in [-0.25, -0.2) is 4.39 Å². The number of halogens is 1. The fourth-order valence-electron chi connectivity index (χ4n) is 2.46. The summed E-state index contributed by atoms with van der Waals surface area (Å²) in [4.78, 5) is 41.0. The molecule has 4 aromatic rings. The highest BCUT2D eigenvalue weighted by Crippen LogP contribution is 2.21. The summed E-state index contributed by atoms with van der Waals surface area (Å²) in [5.41, 5.74) is 2.28. The number of carbonyl (C=O) groups is 4. The second-order valence-corrected chi connectivity index (χ2v) is 6.85. The predicted molar refractivity (Wildman–Crippen MR) is 129 cm³/mol. The summed E-state index contributed by atoms with van der Waals surface area (Å²) in [5.74, 6) is 1.16. The van der Waals surface area contributed by atoms with E-state index in [-0.39, 0.29) is 11.6 Å². The van der Waals surface area contributed by atoms with Gasteiger partial charge in [0, 0.05) is 22.3 Å². The molecule has 0 aromatic heterocycles. The number of aldehydes is 4. The zero-order valence-electron chi connectivity index (χ0n) is 18.4. The highest BCUT2D eigenvalue weighted by molar-refractivity contribution is 5.76. The minimum absolute atomic E-state index is 0.181. The van der Waals surface area contributed by atoms with Crippen LogP contribution in [0.5, 0.6) is 17.2 Å². The SMILES string of the molecule is O=Cc1ccc(F)cc1.O=Cc1ccc(O)cc1.O=Cc1ccc(Oc2ccc(C=O)cc2)cc1. The summed E-state index contributed by atoms with van der Waals surface area (Å²) in [5, 5.41) is 8.74. The molecule has 0 saturated heterocycles. The van der Waals surface area contributed by atoms with Crippen molar-refractivity contribution in [2.75, 3.05) is 0 Å². The Bertz CT molecular complexity index is 1120. The summed E-state index contributed by atoms with van der Waals surface area (Å²) >= 11 is 0. The molecule has 4 aromatic carbocycles. The molecule has 0 fully saturated rings. The van der Waals surface area contributed by atoms with E-state index in [1.807, 2.05) is 0 Å². The van der Waals surface area contributed by atoms with Crippen LogP contribution in [-0.2, 0) is 0 Å². The predicted octanol–water partition coefficient (Wildman–Crippen LogP) is 5.95. The van der Waals surface area contributed by atoms with Crippen molar-refractivity contribution in [1.29, 1.82) is 0 Å². The van der Waals surface area contributed by atoms with Gasteiger partial charge in [0.2, 0.25) is 0 Å². The third kappa shape index (κ3) is 9.63. The van der Waals surface area contributed by atoms with Gasteiger partial charge in [0.15, 0.2) is 0 Å². The van der Waals surface area contributed by atoms with Gasteiger partial charge in [-0.1, -0.05) is 0 Å². The Labute approximate surface area is 201 Å². The molecule has 0 spiro atoms. The lowest BCUT2D eigenvalue weighted by atomic mass is 10.2. The van der Waals surface area contributed by atoms with E-state index in [2.05, 4.69) is 0 Å². The van der Waals surface area contributed by atoms with E-state index in [1.54, 1.807) is 60.7 Å². The molecular weight excluding hydrogens is 451 g/mol. The van der Waals surface area contributed by atoms with Crippen LogP contribution in [0.25, 0.3) is 0 Å². The zero-order chi connectivity index (χ0) is 25.5. The van der Waals surface area contributed by atoms with Gasteiger partial charge in [0.05, 0.1) is 0 Å². The van der Waals surface area contributed by atoms with Crippen molar-refractivity contribution >= 4 is 25.1 Å². The molecular formula is C28H21FO6. The molecule has 0 bridgehead atoms. The van der Waals surface area contributed by atoms with Crippen LogP contribution in [0.2, 0.25) is 0 Å². The van der Waals surface area contributed by atoms with Gasteiger partial charge in [-0.3, -0.25) is 19.2 Å². The van der Waals surface area contributed by atoms with Crippen LogP contribution in [0.15, 0.2) is 97.1 Å². The summed E-state index contributed by atoms with van der Waals surface area (Å²) in [6.45, 7) is 0. The molecule has 0 aliphatic heterocycles. The third-order valence-electron chi connectivity index (χ3n) is 4.30. The summed E-state index contributed by atoms with van der Waals surface area (Å²) in [7, 11) is 0. The Morgan fingerprint density at radius 1 is 0.486 bits per heavy atom. The largest absolute Gasteiger partial charge is 0.508 e. The van der Waals surface area contributed by atoms with Gasteiger partial charge in [0.25, 0.3) is 0 Å². The maximum absolute atomic E-state index is 12.1. The second-order valence-electron chi connectivity index (χ2n) is 6.85. The first-order valence-corrected chi connectivity index (χ1v) is 10.2. The van der Waals surface area contributed by atoms with E-state index < -0.39 is 0 Å². The van der Waals surface area contributed by atoms with Crippen LogP contribution in [-0.4, -0.2) is 30.3 Å². The van der Waals surface area contributed by atoms with Gasteiger partial charge >= 0.3 is 0 Å². The number of phenolic OH excluding ortho intramolecular Hbond substituents is 1. The molecule has 176 valence electrons. The first-order chi connectivity index (χ1) is 17.0. The quantitative estimate of drug-likeness (QED) is 0.349. The van der Waals surface area contributed by atoms with E-state index >= 15 is 0 Å². The molecule has 0 heterocycles. The van der Waals surface area contributed by atoms with Crippen LogP contribution in [0, 0.1) is 5.82 Å². The average Bonchev–Trinajstić information content (AvgIpc) is 2.91.